The predicted octanol–water partition coefficient (Wildman–Crippen LogP) is 2.87. The van der Waals surface area contributed by atoms with Crippen molar-refractivity contribution in [1.29, 1.82) is 0 Å². The lowest BCUT2D eigenvalue weighted by atomic mass is 10.1. The van der Waals surface area contributed by atoms with Crippen molar-refractivity contribution < 1.29 is 23.2 Å². The highest BCUT2D eigenvalue weighted by molar-refractivity contribution is 7.92. The average Bonchev–Trinajstić information content (AvgIpc) is 3.36. The van der Waals surface area contributed by atoms with Gasteiger partial charge in [-0.3, -0.25) is 19.6 Å². The summed E-state index contributed by atoms with van der Waals surface area (Å²) in [7, 11) is -1.36. The largest absolute Gasteiger partial charge is 0.378 e. The molecule has 0 spiro atoms. The molecule has 0 saturated carbocycles. The average molecular weight is 621 g/mol. The van der Waals surface area contributed by atoms with Crippen molar-refractivity contribution in [2.45, 2.75) is 26.6 Å². The summed E-state index contributed by atoms with van der Waals surface area (Å²) < 4.78 is 33.5. The van der Waals surface area contributed by atoms with Crippen LogP contribution in [0.2, 0.25) is 0 Å². The Hall–Kier alpha value is -4.37. The molecule has 44 heavy (non-hydrogen) atoms. The molecule has 3 N–H and O–H groups in total. The first-order valence-electron chi connectivity index (χ1n) is 14.2. The van der Waals surface area contributed by atoms with Crippen LogP contribution in [0.3, 0.4) is 0 Å². The Labute approximate surface area is 256 Å². The van der Waals surface area contributed by atoms with E-state index in [1.165, 1.54) is 6.08 Å². The van der Waals surface area contributed by atoms with E-state index in [1.54, 1.807) is 23.7 Å². The minimum atomic E-state index is -3.39. The maximum Gasteiger partial charge on any atom is 0.267 e. The Kier molecular flexibility index (Phi) is 9.54. The van der Waals surface area contributed by atoms with Crippen LogP contribution in [-0.4, -0.2) is 83.6 Å². The van der Waals surface area contributed by atoms with Gasteiger partial charge in [0.05, 0.1) is 26.0 Å². The van der Waals surface area contributed by atoms with Gasteiger partial charge in [0, 0.05) is 43.5 Å². The van der Waals surface area contributed by atoms with Gasteiger partial charge in [-0.2, -0.15) is 0 Å². The molecule has 0 bridgehead atoms. The third-order valence-electron chi connectivity index (χ3n) is 7.11. The van der Waals surface area contributed by atoms with Crippen molar-refractivity contribution in [1.82, 2.24) is 29.9 Å². The fourth-order valence-electron chi connectivity index (χ4n) is 5.06. The van der Waals surface area contributed by atoms with E-state index < -0.39 is 15.9 Å². The number of amides is 1. The minimum absolute atomic E-state index is 0.467. The van der Waals surface area contributed by atoms with Crippen molar-refractivity contribution in [3.8, 4) is 11.4 Å². The third kappa shape index (κ3) is 7.58. The van der Waals surface area contributed by atoms with E-state index in [-0.39, 0.29) is 0 Å². The van der Waals surface area contributed by atoms with Crippen LogP contribution in [0.25, 0.3) is 28.6 Å². The van der Waals surface area contributed by atoms with Crippen LogP contribution in [0.15, 0.2) is 54.6 Å². The molecule has 3 heterocycles. The number of nitrogens with zero attached hydrogens (tertiary/aromatic N) is 6. The summed E-state index contributed by atoms with van der Waals surface area (Å²) >= 11 is 0. The van der Waals surface area contributed by atoms with Crippen LogP contribution in [0, 0.1) is 0 Å². The van der Waals surface area contributed by atoms with Gasteiger partial charge in [0.1, 0.15) is 5.82 Å². The van der Waals surface area contributed by atoms with Gasteiger partial charge in [-0.05, 0) is 55.4 Å². The highest BCUT2D eigenvalue weighted by atomic mass is 32.2. The van der Waals surface area contributed by atoms with Crippen LogP contribution in [-0.2, 0) is 39.2 Å². The number of fused-ring (bicyclic) bond motifs is 1. The quantitative estimate of drug-likeness (QED) is 0.130. The molecule has 2 aromatic heterocycles. The zero-order valence-corrected chi connectivity index (χ0v) is 25.7. The predicted molar refractivity (Wildman–Crippen MR) is 169 cm³/mol. The molecule has 1 saturated heterocycles. The van der Waals surface area contributed by atoms with Crippen molar-refractivity contribution in [2.24, 2.45) is 0 Å². The van der Waals surface area contributed by atoms with Gasteiger partial charge in [-0.15, -0.1) is 0 Å². The number of aryl methyl sites for hydroxylation is 1. The molecule has 14 heteroatoms. The Morgan fingerprint density at radius 2 is 1.75 bits per heavy atom. The van der Waals surface area contributed by atoms with E-state index in [9.17, 15) is 13.2 Å². The van der Waals surface area contributed by atoms with Gasteiger partial charge < -0.3 is 14.2 Å². The number of benzene rings is 2. The van der Waals surface area contributed by atoms with Crippen molar-refractivity contribution in [3.63, 3.8) is 0 Å². The lowest BCUT2D eigenvalue weighted by Crippen LogP contribution is -2.37. The van der Waals surface area contributed by atoms with E-state index in [1.807, 2.05) is 43.4 Å². The molecule has 13 nitrogen and oxygen atoms in total. The van der Waals surface area contributed by atoms with Gasteiger partial charge in [-0.1, -0.05) is 24.3 Å². The molecule has 232 valence electrons. The lowest BCUT2D eigenvalue weighted by molar-refractivity contribution is -0.124. The maximum atomic E-state index is 11.7. The lowest BCUT2D eigenvalue weighted by Gasteiger charge is -2.28. The third-order valence-corrected chi connectivity index (χ3v) is 7.72. The molecule has 5 rings (SSSR count). The number of imidazole rings is 1. The van der Waals surface area contributed by atoms with Gasteiger partial charge in [0.15, 0.2) is 22.8 Å². The molecular formula is C30H36N8O5S. The number of morpholine rings is 1. The van der Waals surface area contributed by atoms with Crippen LogP contribution >= 0.6 is 0 Å². The Morgan fingerprint density at radius 1 is 1.05 bits per heavy atom. The number of nitrogens with one attached hydrogen (secondary N) is 2. The van der Waals surface area contributed by atoms with Crippen molar-refractivity contribution >= 4 is 44.7 Å². The van der Waals surface area contributed by atoms with Gasteiger partial charge in [0.2, 0.25) is 10.0 Å². The monoisotopic (exact) mass is 620 g/mol. The summed E-state index contributed by atoms with van der Waals surface area (Å²) in [6, 6.07) is 14.8. The molecule has 1 amide bonds. The number of anilines is 2. The fraction of sp³-hybridized carbons (Fsp3) is 0.333. The summed E-state index contributed by atoms with van der Waals surface area (Å²) in [6.07, 6.45) is 4.01. The number of aromatic nitrogens is 4. The van der Waals surface area contributed by atoms with Gasteiger partial charge in [0.25, 0.3) is 5.91 Å². The number of sulfonamides is 1. The summed E-state index contributed by atoms with van der Waals surface area (Å²) in [5.41, 5.74) is 6.23. The highest BCUT2D eigenvalue weighted by Crippen LogP contribution is 2.30. The fourth-order valence-corrected chi connectivity index (χ4v) is 5.63. The second kappa shape index (κ2) is 13.5. The summed E-state index contributed by atoms with van der Waals surface area (Å²) in [6.45, 7) is 6.55. The van der Waals surface area contributed by atoms with Crippen molar-refractivity contribution in [3.05, 3.63) is 71.6 Å². The smallest absolute Gasteiger partial charge is 0.267 e. The first-order chi connectivity index (χ1) is 21.1. The number of hydroxylamine groups is 1. The van der Waals surface area contributed by atoms with Crippen molar-refractivity contribution in [2.75, 3.05) is 49.2 Å². The molecule has 1 aliphatic rings. The Balaban J connectivity index is 1.44. The number of carbonyl (C=O) groups excluding carboxylic acids is 1. The maximum absolute atomic E-state index is 11.7. The molecule has 0 unspecified atom stereocenters. The van der Waals surface area contributed by atoms with E-state index in [4.69, 9.17) is 24.9 Å². The van der Waals surface area contributed by atoms with Gasteiger partial charge in [-0.25, -0.2) is 28.8 Å². The minimum Gasteiger partial charge on any atom is -0.378 e. The molecule has 0 aliphatic carbocycles. The number of ether oxygens (including phenoxy) is 1. The SMILES string of the molecule is CCn1c(CN(C)Cc2ccc(C=CC(=O)NO)cc2)nc2c(N3CCOCC3)nc(-c3ccc(NS(C)(=O)=O)cc3)nc21. The zero-order valence-electron chi connectivity index (χ0n) is 24.9. The standard InChI is InChI=1S/C30H36N8O5S/c1-4-38-25(20-36(2)19-22-7-5-21(6-8-22)9-14-26(39)34-40)31-27-29(37-15-17-43-18-16-37)32-28(33-30(27)38)23-10-12-24(13-11-23)35-44(3,41)42/h5-14,35,40H,4,15-20H2,1-3H3,(H,34,39). The van der Waals surface area contributed by atoms with E-state index in [0.29, 0.717) is 57.4 Å². The van der Waals surface area contributed by atoms with E-state index in [0.717, 1.165) is 45.8 Å². The van der Waals surface area contributed by atoms with Crippen LogP contribution in [0.4, 0.5) is 11.5 Å². The molecule has 4 aromatic rings. The molecular weight excluding hydrogens is 584 g/mol. The number of hydrogen-bond acceptors (Lipinski definition) is 10. The number of hydrogen-bond donors (Lipinski definition) is 3. The second-order valence-electron chi connectivity index (χ2n) is 10.6. The topological polar surface area (TPSA) is 155 Å². The Morgan fingerprint density at radius 3 is 2.39 bits per heavy atom. The Bertz CT molecular complexity index is 1750. The van der Waals surface area contributed by atoms with Crippen LogP contribution in [0.1, 0.15) is 23.9 Å². The van der Waals surface area contributed by atoms with Crippen LogP contribution in [0.5, 0.6) is 0 Å². The molecule has 0 radical (unpaired) electrons. The molecule has 2 aromatic carbocycles. The number of rotatable bonds is 11. The molecule has 1 aliphatic heterocycles. The van der Waals surface area contributed by atoms with Gasteiger partial charge >= 0.3 is 0 Å². The van der Waals surface area contributed by atoms with E-state index in [2.05, 4.69) is 26.0 Å². The summed E-state index contributed by atoms with van der Waals surface area (Å²) in [5.74, 6) is 1.57. The first-order valence-corrected chi connectivity index (χ1v) is 16.1. The normalized spacial score (nSPS) is 14.1. The zero-order chi connectivity index (χ0) is 31.3. The first kappa shape index (κ1) is 31.1. The molecule has 0 atom stereocenters. The van der Waals surface area contributed by atoms with Crippen LogP contribution < -0.4 is 15.1 Å². The summed E-state index contributed by atoms with van der Waals surface area (Å²) in [5, 5.41) is 8.65. The molecule has 1 fully saturated rings. The van der Waals surface area contributed by atoms with E-state index >= 15 is 0 Å². The second-order valence-corrected chi connectivity index (χ2v) is 12.3. The number of carbonyl (C=O) groups is 1. The summed E-state index contributed by atoms with van der Waals surface area (Å²) in [4.78, 5) is 30.6. The highest BCUT2D eigenvalue weighted by Gasteiger charge is 2.23.